The maximum Gasteiger partial charge on any atom is 0.255 e. The zero-order valence-electron chi connectivity index (χ0n) is 10.6. The summed E-state index contributed by atoms with van der Waals surface area (Å²) in [5, 5.41) is 11.0. The van der Waals surface area contributed by atoms with Gasteiger partial charge in [-0.25, -0.2) is 0 Å². The molecule has 1 N–H and O–H groups in total. The first-order valence-corrected chi connectivity index (χ1v) is 6.22. The van der Waals surface area contributed by atoms with Crippen LogP contribution in [0.1, 0.15) is 11.9 Å². The minimum absolute atomic E-state index is 0.124. The summed E-state index contributed by atoms with van der Waals surface area (Å²) in [5.41, 5.74) is 0.654. The fourth-order valence-corrected chi connectivity index (χ4v) is 2.15. The standard InChI is InChI=1S/C14H13NO5/c16-10(6-15-13(17)7-19-8-14(15)18)12-5-9-3-1-2-4-11(9)20-12/h1-5,10,16H,6-8H2. The number of ether oxygens (including phenoxy) is 1. The largest absolute Gasteiger partial charge is 0.458 e. The molecule has 0 aliphatic carbocycles. The van der Waals surface area contributed by atoms with E-state index in [2.05, 4.69) is 0 Å². The molecule has 0 spiro atoms. The van der Waals surface area contributed by atoms with Gasteiger partial charge in [-0.1, -0.05) is 18.2 Å². The van der Waals surface area contributed by atoms with Crippen molar-refractivity contribution in [3.05, 3.63) is 36.1 Å². The molecule has 1 aliphatic rings. The third kappa shape index (κ3) is 2.31. The van der Waals surface area contributed by atoms with Crippen LogP contribution < -0.4 is 0 Å². The number of amides is 2. The number of nitrogens with zero attached hydrogens (tertiary/aromatic N) is 1. The van der Waals surface area contributed by atoms with Crippen molar-refractivity contribution in [2.24, 2.45) is 0 Å². The van der Waals surface area contributed by atoms with Crippen molar-refractivity contribution in [1.29, 1.82) is 0 Å². The molecule has 6 heteroatoms. The maximum atomic E-state index is 11.6. The Bertz CT molecular complexity index is 613. The molecule has 1 aliphatic heterocycles. The van der Waals surface area contributed by atoms with Gasteiger partial charge in [0.1, 0.15) is 30.7 Å². The molecule has 104 valence electrons. The highest BCUT2D eigenvalue weighted by Crippen LogP contribution is 2.24. The van der Waals surface area contributed by atoms with E-state index in [0.717, 1.165) is 10.3 Å². The van der Waals surface area contributed by atoms with Gasteiger partial charge >= 0.3 is 0 Å². The molecule has 1 unspecified atom stereocenters. The molecule has 2 heterocycles. The van der Waals surface area contributed by atoms with E-state index >= 15 is 0 Å². The Morgan fingerprint density at radius 1 is 1.20 bits per heavy atom. The Morgan fingerprint density at radius 3 is 2.60 bits per heavy atom. The zero-order chi connectivity index (χ0) is 14.1. The average Bonchev–Trinajstić information content (AvgIpc) is 2.87. The summed E-state index contributed by atoms with van der Waals surface area (Å²) in [5.74, 6) is -0.564. The number of morpholine rings is 1. The first kappa shape index (κ1) is 12.8. The number of furan rings is 1. The number of hydrogen-bond donors (Lipinski definition) is 1. The van der Waals surface area contributed by atoms with Crippen LogP contribution in [0.4, 0.5) is 0 Å². The van der Waals surface area contributed by atoms with Crippen LogP contribution >= 0.6 is 0 Å². The second-order valence-corrected chi connectivity index (χ2v) is 4.59. The number of para-hydroxylation sites is 1. The summed E-state index contributed by atoms with van der Waals surface area (Å²) in [6.45, 7) is -0.405. The van der Waals surface area contributed by atoms with Crippen LogP contribution in [0.3, 0.4) is 0 Å². The van der Waals surface area contributed by atoms with Gasteiger partial charge in [0.05, 0.1) is 6.54 Å². The third-order valence-corrected chi connectivity index (χ3v) is 3.18. The molecule has 1 aromatic carbocycles. The Labute approximate surface area is 114 Å². The quantitative estimate of drug-likeness (QED) is 0.840. The van der Waals surface area contributed by atoms with Crippen molar-refractivity contribution >= 4 is 22.8 Å². The van der Waals surface area contributed by atoms with Crippen molar-refractivity contribution in [3.63, 3.8) is 0 Å². The Kier molecular flexibility index (Phi) is 3.25. The van der Waals surface area contributed by atoms with Gasteiger partial charge in [-0.2, -0.15) is 0 Å². The number of rotatable bonds is 3. The van der Waals surface area contributed by atoms with E-state index in [9.17, 15) is 14.7 Å². The van der Waals surface area contributed by atoms with Gasteiger partial charge in [-0.05, 0) is 12.1 Å². The van der Waals surface area contributed by atoms with Crippen molar-refractivity contribution in [1.82, 2.24) is 4.90 Å². The van der Waals surface area contributed by atoms with Crippen LogP contribution in [-0.2, 0) is 14.3 Å². The number of hydrogen-bond acceptors (Lipinski definition) is 5. The van der Waals surface area contributed by atoms with Crippen LogP contribution in [0.2, 0.25) is 0 Å². The van der Waals surface area contributed by atoms with Gasteiger partial charge in [-0.3, -0.25) is 14.5 Å². The predicted molar refractivity (Wildman–Crippen MR) is 68.7 cm³/mol. The topological polar surface area (TPSA) is 80.0 Å². The van der Waals surface area contributed by atoms with Crippen LogP contribution in [0, 0.1) is 0 Å². The number of β-amino-alcohol motifs (C(OH)–C–C–N with tert-alkyl or cyclic N) is 1. The summed E-state index contributed by atoms with van der Waals surface area (Å²) in [6.07, 6.45) is -1.05. The summed E-state index contributed by atoms with van der Waals surface area (Å²) in [6, 6.07) is 9.05. The van der Waals surface area contributed by atoms with E-state index in [-0.39, 0.29) is 19.8 Å². The smallest absolute Gasteiger partial charge is 0.255 e. The Hall–Kier alpha value is -2.18. The second kappa shape index (κ2) is 5.07. The first-order chi connectivity index (χ1) is 9.65. The highest BCUT2D eigenvalue weighted by atomic mass is 16.5. The number of carbonyl (C=O) groups excluding carboxylic acids is 2. The summed E-state index contributed by atoms with van der Waals surface area (Å²) in [4.78, 5) is 24.2. The monoisotopic (exact) mass is 275 g/mol. The maximum absolute atomic E-state index is 11.6. The summed E-state index contributed by atoms with van der Waals surface area (Å²) < 4.78 is 10.3. The fraction of sp³-hybridized carbons (Fsp3) is 0.286. The minimum atomic E-state index is -1.05. The molecule has 3 rings (SSSR count). The number of fused-ring (bicyclic) bond motifs is 1. The molecule has 0 bridgehead atoms. The van der Waals surface area contributed by atoms with Gasteiger partial charge in [0.2, 0.25) is 0 Å². The number of aliphatic hydroxyl groups is 1. The second-order valence-electron chi connectivity index (χ2n) is 4.59. The molecule has 1 fully saturated rings. The molecule has 1 atom stereocenters. The predicted octanol–water partition coefficient (Wildman–Crippen LogP) is 0.852. The highest BCUT2D eigenvalue weighted by Gasteiger charge is 2.29. The van der Waals surface area contributed by atoms with Gasteiger partial charge in [0, 0.05) is 5.39 Å². The van der Waals surface area contributed by atoms with Crippen molar-refractivity contribution in [3.8, 4) is 0 Å². The van der Waals surface area contributed by atoms with E-state index in [4.69, 9.17) is 9.15 Å². The van der Waals surface area contributed by atoms with E-state index < -0.39 is 17.9 Å². The Balaban J connectivity index is 1.79. The molecule has 2 aromatic rings. The lowest BCUT2D eigenvalue weighted by Gasteiger charge is -2.26. The molecule has 20 heavy (non-hydrogen) atoms. The highest BCUT2D eigenvalue weighted by molar-refractivity contribution is 5.98. The molecule has 0 radical (unpaired) electrons. The number of carbonyl (C=O) groups is 2. The molecule has 0 saturated carbocycles. The van der Waals surface area contributed by atoms with E-state index in [1.54, 1.807) is 12.1 Å². The minimum Gasteiger partial charge on any atom is -0.458 e. The summed E-state index contributed by atoms with van der Waals surface area (Å²) in [7, 11) is 0. The van der Waals surface area contributed by atoms with Crippen LogP contribution in [0.5, 0.6) is 0 Å². The van der Waals surface area contributed by atoms with Gasteiger partial charge < -0.3 is 14.3 Å². The third-order valence-electron chi connectivity index (χ3n) is 3.18. The lowest BCUT2D eigenvalue weighted by atomic mass is 10.2. The van der Waals surface area contributed by atoms with Crippen LogP contribution in [-0.4, -0.2) is 41.6 Å². The van der Waals surface area contributed by atoms with Crippen LogP contribution in [0.25, 0.3) is 11.0 Å². The zero-order valence-corrected chi connectivity index (χ0v) is 10.6. The van der Waals surface area contributed by atoms with Crippen molar-refractivity contribution in [2.45, 2.75) is 6.10 Å². The fourth-order valence-electron chi connectivity index (χ4n) is 2.15. The molecular formula is C14H13NO5. The average molecular weight is 275 g/mol. The lowest BCUT2D eigenvalue weighted by molar-refractivity contribution is -0.160. The summed E-state index contributed by atoms with van der Waals surface area (Å²) >= 11 is 0. The molecular weight excluding hydrogens is 262 g/mol. The van der Waals surface area contributed by atoms with Gasteiger partial charge in [-0.15, -0.1) is 0 Å². The Morgan fingerprint density at radius 2 is 1.90 bits per heavy atom. The molecule has 1 saturated heterocycles. The molecule has 1 aromatic heterocycles. The lowest BCUT2D eigenvalue weighted by Crippen LogP contribution is -2.47. The molecule has 2 amide bonds. The van der Waals surface area contributed by atoms with Gasteiger partial charge in [0.15, 0.2) is 0 Å². The number of imide groups is 1. The number of benzene rings is 1. The number of aliphatic hydroxyl groups excluding tert-OH is 1. The van der Waals surface area contributed by atoms with E-state index in [1.165, 1.54) is 0 Å². The normalized spacial score (nSPS) is 17.8. The van der Waals surface area contributed by atoms with Crippen molar-refractivity contribution in [2.75, 3.05) is 19.8 Å². The first-order valence-electron chi connectivity index (χ1n) is 6.22. The van der Waals surface area contributed by atoms with E-state index in [1.807, 2.05) is 18.2 Å². The van der Waals surface area contributed by atoms with Crippen molar-refractivity contribution < 1.29 is 23.8 Å². The van der Waals surface area contributed by atoms with Crippen LogP contribution in [0.15, 0.2) is 34.7 Å². The SMILES string of the molecule is O=C1COCC(=O)N1CC(O)c1cc2ccccc2o1. The van der Waals surface area contributed by atoms with E-state index in [0.29, 0.717) is 11.3 Å². The molecule has 6 nitrogen and oxygen atoms in total. The van der Waals surface area contributed by atoms with Gasteiger partial charge in [0.25, 0.3) is 11.8 Å².